The molecular weight excluding hydrogens is 440 g/mol. The number of carboxylic acid groups (broad SMARTS) is 1. The number of nitrogens with zero attached hydrogens (tertiary/aromatic N) is 1. The Hall–Kier alpha value is -2.73. The van der Waals surface area contributed by atoms with E-state index in [0.29, 0.717) is 17.2 Å². The Morgan fingerprint density at radius 2 is 1.91 bits per heavy atom. The fourth-order valence-electron chi connectivity index (χ4n) is 4.42. The number of anilines is 1. The van der Waals surface area contributed by atoms with E-state index >= 15 is 0 Å². The Labute approximate surface area is 200 Å². The van der Waals surface area contributed by atoms with Crippen LogP contribution in [0.25, 0.3) is 0 Å². The number of hydrogen-bond acceptors (Lipinski definition) is 4. The number of halogens is 1. The van der Waals surface area contributed by atoms with Gasteiger partial charge in [-0.1, -0.05) is 37.1 Å². The largest absolute Gasteiger partial charge is 0.493 e. The fourth-order valence-corrected chi connectivity index (χ4v) is 4.72. The van der Waals surface area contributed by atoms with Gasteiger partial charge in [0.25, 0.3) is 0 Å². The molecule has 1 aliphatic rings. The van der Waals surface area contributed by atoms with Gasteiger partial charge in [-0.15, -0.1) is 0 Å². The quantitative estimate of drug-likeness (QED) is 0.468. The van der Waals surface area contributed by atoms with Crippen LogP contribution in [0.4, 0.5) is 5.69 Å². The number of nitrogens with one attached hydrogen (secondary N) is 1. The summed E-state index contributed by atoms with van der Waals surface area (Å²) in [7, 11) is 0. The van der Waals surface area contributed by atoms with Crippen LogP contribution in [0.5, 0.6) is 5.75 Å². The number of aromatic carboxylic acids is 1. The van der Waals surface area contributed by atoms with Gasteiger partial charge in [0.15, 0.2) is 0 Å². The first-order valence-electron chi connectivity index (χ1n) is 11.8. The molecule has 1 amide bonds. The zero-order chi connectivity index (χ0) is 23.8. The van der Waals surface area contributed by atoms with Crippen molar-refractivity contribution in [1.82, 2.24) is 5.32 Å². The monoisotopic (exact) mass is 472 g/mol. The van der Waals surface area contributed by atoms with Crippen molar-refractivity contribution in [2.45, 2.75) is 58.4 Å². The predicted molar refractivity (Wildman–Crippen MR) is 132 cm³/mol. The first-order chi connectivity index (χ1) is 15.9. The summed E-state index contributed by atoms with van der Waals surface area (Å²) in [5.74, 6) is -0.913. The third-order valence-corrected chi connectivity index (χ3v) is 6.26. The first-order valence-corrected chi connectivity index (χ1v) is 12.1. The maximum Gasteiger partial charge on any atom is 0.339 e. The van der Waals surface area contributed by atoms with Gasteiger partial charge in [0, 0.05) is 29.4 Å². The Balaban J connectivity index is 1.81. The smallest absolute Gasteiger partial charge is 0.339 e. The van der Waals surface area contributed by atoms with E-state index < -0.39 is 5.97 Å². The highest BCUT2D eigenvalue weighted by molar-refractivity contribution is 6.31. The maximum atomic E-state index is 13.0. The third kappa shape index (κ3) is 6.41. The molecule has 2 aromatic rings. The van der Waals surface area contributed by atoms with Gasteiger partial charge in [0.1, 0.15) is 11.3 Å². The molecule has 0 saturated carbocycles. The molecule has 0 bridgehead atoms. The molecule has 3 rings (SSSR count). The fraction of sp³-hybridized carbons (Fsp3) is 0.462. The number of ether oxygens (including phenoxy) is 1. The second kappa shape index (κ2) is 11.9. The average molecular weight is 473 g/mol. The van der Waals surface area contributed by atoms with Crippen molar-refractivity contribution in [3.63, 3.8) is 0 Å². The van der Waals surface area contributed by atoms with Crippen LogP contribution >= 0.6 is 11.6 Å². The second-order valence-electron chi connectivity index (χ2n) is 8.37. The molecule has 2 aromatic carbocycles. The van der Waals surface area contributed by atoms with Crippen molar-refractivity contribution in [3.8, 4) is 5.75 Å². The van der Waals surface area contributed by atoms with Crippen molar-refractivity contribution in [2.24, 2.45) is 0 Å². The summed E-state index contributed by atoms with van der Waals surface area (Å²) in [6.07, 6.45) is 5.36. The third-order valence-electron chi connectivity index (χ3n) is 5.93. The minimum absolute atomic E-state index is 0.0899. The van der Waals surface area contributed by atoms with Gasteiger partial charge >= 0.3 is 5.97 Å². The summed E-state index contributed by atoms with van der Waals surface area (Å²) in [5.41, 5.74) is 2.87. The minimum Gasteiger partial charge on any atom is -0.493 e. The van der Waals surface area contributed by atoms with Crippen LogP contribution in [0.2, 0.25) is 5.02 Å². The van der Waals surface area contributed by atoms with Gasteiger partial charge in [0.05, 0.1) is 19.1 Å². The summed E-state index contributed by atoms with van der Waals surface area (Å²) in [5, 5.41) is 13.2. The lowest BCUT2D eigenvalue weighted by Gasteiger charge is -2.33. The molecule has 1 saturated heterocycles. The van der Waals surface area contributed by atoms with Crippen LogP contribution in [0.3, 0.4) is 0 Å². The minimum atomic E-state index is -1.05. The van der Waals surface area contributed by atoms with E-state index in [0.717, 1.165) is 50.0 Å². The summed E-state index contributed by atoms with van der Waals surface area (Å²) in [6.45, 7) is 6.23. The van der Waals surface area contributed by atoms with E-state index in [1.807, 2.05) is 12.1 Å². The van der Waals surface area contributed by atoms with Crippen molar-refractivity contribution in [2.75, 3.05) is 24.6 Å². The number of amides is 1. The van der Waals surface area contributed by atoms with Crippen molar-refractivity contribution in [1.29, 1.82) is 0 Å². The van der Waals surface area contributed by atoms with Gasteiger partial charge in [-0.05, 0) is 62.4 Å². The van der Waals surface area contributed by atoms with Crippen LogP contribution < -0.4 is 15.0 Å². The van der Waals surface area contributed by atoms with Gasteiger partial charge in [-0.25, -0.2) is 4.79 Å². The summed E-state index contributed by atoms with van der Waals surface area (Å²) < 4.78 is 5.47. The molecule has 1 heterocycles. The van der Waals surface area contributed by atoms with Gasteiger partial charge in [-0.3, -0.25) is 4.79 Å². The number of hydrogen-bond donors (Lipinski definition) is 2. The van der Waals surface area contributed by atoms with E-state index in [1.165, 1.54) is 12.5 Å². The van der Waals surface area contributed by atoms with Crippen molar-refractivity contribution < 1.29 is 19.4 Å². The molecule has 1 atom stereocenters. The predicted octanol–water partition coefficient (Wildman–Crippen LogP) is 5.63. The van der Waals surface area contributed by atoms with Gasteiger partial charge in [0.2, 0.25) is 5.91 Å². The standard InChI is InChI=1S/C26H33ClN2O4/c1-3-9-21(25-20(27)10-8-11-22(25)29-14-6-5-7-15-29)28-24(30)17-18-12-13-19(26(31)32)23(16-18)33-4-2/h8,10-13,16,21H,3-7,9,14-15,17H2,1-2H3,(H,28,30)(H,31,32). The summed E-state index contributed by atoms with van der Waals surface area (Å²) in [4.78, 5) is 26.8. The Morgan fingerprint density at radius 1 is 1.15 bits per heavy atom. The number of carbonyl (C=O) groups is 2. The first kappa shape index (κ1) is 24.9. The number of carboxylic acids is 1. The van der Waals surface area contributed by atoms with Crippen LogP contribution in [-0.4, -0.2) is 36.7 Å². The highest BCUT2D eigenvalue weighted by atomic mass is 35.5. The Bertz CT molecular complexity index is 973. The van der Waals surface area contributed by atoms with E-state index in [-0.39, 0.29) is 29.7 Å². The van der Waals surface area contributed by atoms with E-state index in [2.05, 4.69) is 23.2 Å². The van der Waals surface area contributed by atoms with Crippen LogP contribution in [-0.2, 0) is 11.2 Å². The Morgan fingerprint density at radius 3 is 2.58 bits per heavy atom. The topological polar surface area (TPSA) is 78.9 Å². The lowest BCUT2D eigenvalue weighted by Crippen LogP contribution is -2.34. The number of rotatable bonds is 10. The Kier molecular flexibility index (Phi) is 9.01. The zero-order valence-corrected chi connectivity index (χ0v) is 20.2. The molecule has 1 aliphatic heterocycles. The van der Waals surface area contributed by atoms with E-state index in [9.17, 15) is 14.7 Å². The molecule has 1 fully saturated rings. The summed E-state index contributed by atoms with van der Waals surface area (Å²) >= 11 is 6.68. The van der Waals surface area contributed by atoms with Crippen molar-refractivity contribution >= 4 is 29.2 Å². The van der Waals surface area contributed by atoms with Gasteiger partial charge in [-0.2, -0.15) is 0 Å². The zero-order valence-electron chi connectivity index (χ0n) is 19.4. The average Bonchev–Trinajstić information content (AvgIpc) is 2.79. The van der Waals surface area contributed by atoms with Crippen molar-refractivity contribution in [3.05, 3.63) is 58.1 Å². The SMILES string of the molecule is CCCC(NC(=O)Cc1ccc(C(=O)O)c(OCC)c1)c1c(Cl)cccc1N1CCCCC1. The number of piperidine rings is 1. The number of carbonyl (C=O) groups excluding carboxylic acids is 1. The van der Waals surface area contributed by atoms with E-state index in [1.54, 1.807) is 19.1 Å². The molecule has 33 heavy (non-hydrogen) atoms. The lowest BCUT2D eigenvalue weighted by molar-refractivity contribution is -0.121. The molecule has 6 nitrogen and oxygen atoms in total. The molecule has 2 N–H and O–H groups in total. The van der Waals surface area contributed by atoms with Gasteiger partial charge < -0.3 is 20.1 Å². The molecule has 7 heteroatoms. The molecule has 0 aromatic heterocycles. The van der Waals surface area contributed by atoms with Crippen LogP contribution in [0.15, 0.2) is 36.4 Å². The van der Waals surface area contributed by atoms with E-state index in [4.69, 9.17) is 16.3 Å². The molecule has 0 aliphatic carbocycles. The maximum absolute atomic E-state index is 13.0. The summed E-state index contributed by atoms with van der Waals surface area (Å²) in [6, 6.07) is 10.5. The van der Waals surface area contributed by atoms with Crippen LogP contribution in [0.1, 0.15) is 73.5 Å². The molecule has 178 valence electrons. The molecule has 1 unspecified atom stereocenters. The normalized spacial score (nSPS) is 14.6. The number of benzene rings is 2. The molecular formula is C26H33ClN2O4. The highest BCUT2D eigenvalue weighted by Crippen LogP contribution is 2.36. The lowest BCUT2D eigenvalue weighted by atomic mass is 9.97. The molecule has 0 radical (unpaired) electrons. The molecule has 0 spiro atoms. The van der Waals surface area contributed by atoms with Crippen LogP contribution in [0, 0.1) is 0 Å². The second-order valence-corrected chi connectivity index (χ2v) is 8.78. The highest BCUT2D eigenvalue weighted by Gasteiger charge is 2.24.